The standard InChI is InChI=1S/C15H30N4O/c1-2-3-9-12-19-13-10-7-5-4-6-8-11-17-14(16)18-15(19)20/h2-13H2,1H3,(H3,16,17,18,20). The van der Waals surface area contributed by atoms with Crippen LogP contribution in [0.1, 0.15) is 64.7 Å². The average molecular weight is 282 g/mol. The number of aliphatic imine (C=N–C) groups is 1. The number of hydrogen-bond acceptors (Lipinski definition) is 3. The third-order valence-corrected chi connectivity index (χ3v) is 3.67. The highest BCUT2D eigenvalue weighted by Crippen LogP contribution is 2.08. The molecule has 0 saturated heterocycles. The van der Waals surface area contributed by atoms with Crippen LogP contribution in [0.4, 0.5) is 4.79 Å². The molecule has 0 aromatic carbocycles. The number of nitrogens with zero attached hydrogens (tertiary/aromatic N) is 2. The van der Waals surface area contributed by atoms with Crippen molar-refractivity contribution in [1.82, 2.24) is 10.2 Å². The van der Waals surface area contributed by atoms with Gasteiger partial charge in [0.15, 0.2) is 5.96 Å². The lowest BCUT2D eigenvalue weighted by Gasteiger charge is -2.22. The Morgan fingerprint density at radius 2 is 1.85 bits per heavy atom. The van der Waals surface area contributed by atoms with Crippen molar-refractivity contribution in [3.05, 3.63) is 0 Å². The number of amides is 2. The topological polar surface area (TPSA) is 70.7 Å². The lowest BCUT2D eigenvalue weighted by atomic mass is 10.1. The number of hydrogen-bond donors (Lipinski definition) is 2. The molecule has 20 heavy (non-hydrogen) atoms. The summed E-state index contributed by atoms with van der Waals surface area (Å²) in [6.45, 7) is 4.52. The zero-order chi connectivity index (χ0) is 14.6. The maximum Gasteiger partial charge on any atom is 0.324 e. The van der Waals surface area contributed by atoms with Gasteiger partial charge in [0.2, 0.25) is 0 Å². The van der Waals surface area contributed by atoms with Gasteiger partial charge in [-0.2, -0.15) is 0 Å². The molecule has 5 heteroatoms. The average Bonchev–Trinajstić information content (AvgIpc) is 2.44. The molecule has 2 amide bonds. The van der Waals surface area contributed by atoms with Crippen LogP contribution in [0.3, 0.4) is 0 Å². The van der Waals surface area contributed by atoms with Gasteiger partial charge in [0.05, 0.1) is 0 Å². The van der Waals surface area contributed by atoms with E-state index in [-0.39, 0.29) is 12.0 Å². The number of nitrogens with one attached hydrogen (secondary N) is 1. The van der Waals surface area contributed by atoms with Gasteiger partial charge in [-0.1, -0.05) is 45.4 Å². The van der Waals surface area contributed by atoms with E-state index in [0.717, 1.165) is 38.8 Å². The predicted octanol–water partition coefficient (Wildman–Crippen LogP) is 2.86. The summed E-state index contributed by atoms with van der Waals surface area (Å²) in [7, 11) is 0. The van der Waals surface area contributed by atoms with E-state index in [1.54, 1.807) is 0 Å². The molecule has 5 nitrogen and oxygen atoms in total. The second-order valence-electron chi connectivity index (χ2n) is 5.51. The monoisotopic (exact) mass is 282 g/mol. The third-order valence-electron chi connectivity index (χ3n) is 3.67. The van der Waals surface area contributed by atoms with Crippen molar-refractivity contribution in [2.75, 3.05) is 19.6 Å². The van der Waals surface area contributed by atoms with E-state index in [0.29, 0.717) is 6.54 Å². The SMILES string of the molecule is CCCCCN1CCCCCCCCN=C(N)NC1=O. The molecule has 0 unspecified atom stereocenters. The molecule has 116 valence electrons. The van der Waals surface area contributed by atoms with Crippen LogP contribution in [-0.4, -0.2) is 36.5 Å². The second kappa shape index (κ2) is 10.5. The fourth-order valence-electron chi connectivity index (χ4n) is 2.42. The Labute approximate surface area is 123 Å². The molecule has 0 fully saturated rings. The minimum atomic E-state index is -0.0957. The minimum absolute atomic E-state index is 0.0957. The molecular formula is C15H30N4O. The Morgan fingerprint density at radius 1 is 1.15 bits per heavy atom. The first kappa shape index (κ1) is 16.8. The number of nitrogens with two attached hydrogens (primary N) is 1. The number of carbonyl (C=O) groups is 1. The quantitative estimate of drug-likeness (QED) is 0.778. The summed E-state index contributed by atoms with van der Waals surface area (Å²) in [5.41, 5.74) is 5.75. The van der Waals surface area contributed by atoms with Crippen molar-refractivity contribution in [3.63, 3.8) is 0 Å². The van der Waals surface area contributed by atoms with Gasteiger partial charge in [0.25, 0.3) is 0 Å². The van der Waals surface area contributed by atoms with Crippen LogP contribution in [0.25, 0.3) is 0 Å². The zero-order valence-corrected chi connectivity index (χ0v) is 12.9. The molecule has 1 heterocycles. The lowest BCUT2D eigenvalue weighted by molar-refractivity contribution is 0.200. The summed E-state index contributed by atoms with van der Waals surface area (Å²) in [5.74, 6) is 0.259. The van der Waals surface area contributed by atoms with Crippen molar-refractivity contribution in [3.8, 4) is 0 Å². The molecular weight excluding hydrogens is 252 g/mol. The van der Waals surface area contributed by atoms with E-state index in [1.807, 2.05) is 4.90 Å². The Morgan fingerprint density at radius 3 is 2.60 bits per heavy atom. The molecule has 1 aliphatic heterocycles. The molecule has 0 atom stereocenters. The summed E-state index contributed by atoms with van der Waals surface area (Å²) in [4.78, 5) is 18.3. The number of unbranched alkanes of at least 4 members (excludes halogenated alkanes) is 2. The predicted molar refractivity (Wildman–Crippen MR) is 83.8 cm³/mol. The maximum atomic E-state index is 12.2. The van der Waals surface area contributed by atoms with Crippen LogP contribution < -0.4 is 11.1 Å². The van der Waals surface area contributed by atoms with Gasteiger partial charge in [-0.15, -0.1) is 0 Å². The third kappa shape index (κ3) is 7.36. The van der Waals surface area contributed by atoms with E-state index in [9.17, 15) is 4.79 Å². The number of guanidine groups is 1. The van der Waals surface area contributed by atoms with Gasteiger partial charge < -0.3 is 10.6 Å². The van der Waals surface area contributed by atoms with Gasteiger partial charge in [0.1, 0.15) is 0 Å². The molecule has 1 aliphatic rings. The minimum Gasteiger partial charge on any atom is -0.370 e. The van der Waals surface area contributed by atoms with Gasteiger partial charge in [-0.3, -0.25) is 10.3 Å². The van der Waals surface area contributed by atoms with Crippen LogP contribution in [-0.2, 0) is 0 Å². The smallest absolute Gasteiger partial charge is 0.324 e. The Balaban J connectivity index is 2.53. The normalized spacial score (nSPS) is 19.4. The number of urea groups is 1. The van der Waals surface area contributed by atoms with Gasteiger partial charge in [0, 0.05) is 19.6 Å². The van der Waals surface area contributed by atoms with Crippen LogP contribution in [0.15, 0.2) is 4.99 Å². The molecule has 1 rings (SSSR count). The Kier molecular flexibility index (Phi) is 8.83. The fraction of sp³-hybridized carbons (Fsp3) is 0.867. The van der Waals surface area contributed by atoms with Crippen LogP contribution >= 0.6 is 0 Å². The fourth-order valence-corrected chi connectivity index (χ4v) is 2.42. The summed E-state index contributed by atoms with van der Waals surface area (Å²) < 4.78 is 0. The zero-order valence-electron chi connectivity index (χ0n) is 12.9. The first-order valence-corrected chi connectivity index (χ1v) is 8.10. The van der Waals surface area contributed by atoms with Gasteiger partial charge in [-0.05, 0) is 19.3 Å². The molecule has 0 radical (unpaired) electrons. The highest BCUT2D eigenvalue weighted by Gasteiger charge is 2.13. The highest BCUT2D eigenvalue weighted by molar-refractivity contribution is 5.95. The summed E-state index contributed by atoms with van der Waals surface area (Å²) >= 11 is 0. The van der Waals surface area contributed by atoms with E-state index in [1.165, 1.54) is 32.1 Å². The van der Waals surface area contributed by atoms with E-state index < -0.39 is 0 Å². The molecule has 0 bridgehead atoms. The molecule has 0 aliphatic carbocycles. The molecule has 0 saturated carbocycles. The molecule has 3 N–H and O–H groups in total. The van der Waals surface area contributed by atoms with Crippen molar-refractivity contribution in [1.29, 1.82) is 0 Å². The largest absolute Gasteiger partial charge is 0.370 e. The first-order valence-electron chi connectivity index (χ1n) is 8.10. The molecule has 0 aromatic heterocycles. The molecule has 0 spiro atoms. The van der Waals surface area contributed by atoms with Gasteiger partial charge >= 0.3 is 6.03 Å². The second-order valence-corrected chi connectivity index (χ2v) is 5.51. The first-order chi connectivity index (χ1) is 9.74. The number of carbonyl (C=O) groups excluding carboxylic acids is 1. The Bertz CT molecular complexity index is 304. The molecule has 0 aromatic rings. The lowest BCUT2D eigenvalue weighted by Crippen LogP contribution is -2.46. The van der Waals surface area contributed by atoms with Crippen LogP contribution in [0.5, 0.6) is 0 Å². The van der Waals surface area contributed by atoms with Crippen molar-refractivity contribution in [2.24, 2.45) is 10.7 Å². The van der Waals surface area contributed by atoms with Crippen LogP contribution in [0, 0.1) is 0 Å². The van der Waals surface area contributed by atoms with E-state index in [4.69, 9.17) is 5.73 Å². The van der Waals surface area contributed by atoms with Crippen molar-refractivity contribution in [2.45, 2.75) is 64.7 Å². The Hall–Kier alpha value is -1.26. The van der Waals surface area contributed by atoms with E-state index >= 15 is 0 Å². The van der Waals surface area contributed by atoms with E-state index in [2.05, 4.69) is 17.2 Å². The van der Waals surface area contributed by atoms with Crippen molar-refractivity contribution >= 4 is 12.0 Å². The van der Waals surface area contributed by atoms with Gasteiger partial charge in [-0.25, -0.2) is 4.79 Å². The number of rotatable bonds is 4. The highest BCUT2D eigenvalue weighted by atomic mass is 16.2. The van der Waals surface area contributed by atoms with Crippen LogP contribution in [0.2, 0.25) is 0 Å². The summed E-state index contributed by atoms with van der Waals surface area (Å²) in [5, 5.41) is 2.71. The summed E-state index contributed by atoms with van der Waals surface area (Å²) in [6.07, 6.45) is 10.4. The maximum absolute atomic E-state index is 12.2. The summed E-state index contributed by atoms with van der Waals surface area (Å²) in [6, 6.07) is -0.0957. The van der Waals surface area contributed by atoms with Crippen molar-refractivity contribution < 1.29 is 4.79 Å².